The first kappa shape index (κ1) is 19.3. The molecule has 0 atom stereocenters. The number of anilines is 2. The molecule has 29 heavy (non-hydrogen) atoms. The van der Waals surface area contributed by atoms with Gasteiger partial charge in [0.2, 0.25) is 5.91 Å². The number of rotatable bonds is 4. The van der Waals surface area contributed by atoms with Crippen molar-refractivity contribution in [3.63, 3.8) is 0 Å². The van der Waals surface area contributed by atoms with Crippen molar-refractivity contribution in [2.75, 3.05) is 42.9 Å². The fourth-order valence-electron chi connectivity index (χ4n) is 3.52. The lowest BCUT2D eigenvalue weighted by Gasteiger charge is -2.36. The molecule has 2 aromatic carbocycles. The molecule has 1 aliphatic rings. The number of aromatic nitrogens is 2. The van der Waals surface area contributed by atoms with Crippen LogP contribution < -0.4 is 15.9 Å². The van der Waals surface area contributed by atoms with E-state index >= 15 is 0 Å². The zero-order valence-electron chi connectivity index (χ0n) is 15.9. The SMILES string of the molecule is Cn1c(=O)[nH]c2ccc(NCC(=O)N3CCN(c4ccc(Cl)c(F)c4)CC3)cc21. The van der Waals surface area contributed by atoms with E-state index in [2.05, 4.69) is 10.3 Å². The van der Waals surface area contributed by atoms with Crippen LogP contribution in [0.3, 0.4) is 0 Å². The molecule has 0 aliphatic carbocycles. The van der Waals surface area contributed by atoms with Gasteiger partial charge >= 0.3 is 5.69 Å². The van der Waals surface area contributed by atoms with E-state index in [-0.39, 0.29) is 23.2 Å². The number of hydrogen-bond donors (Lipinski definition) is 2. The number of imidazole rings is 1. The van der Waals surface area contributed by atoms with Gasteiger partial charge in [-0.2, -0.15) is 0 Å². The number of aromatic amines is 1. The molecule has 0 saturated carbocycles. The van der Waals surface area contributed by atoms with Crippen LogP contribution >= 0.6 is 11.6 Å². The van der Waals surface area contributed by atoms with Gasteiger partial charge in [0.15, 0.2) is 0 Å². The summed E-state index contributed by atoms with van der Waals surface area (Å²) in [6, 6.07) is 10.2. The van der Waals surface area contributed by atoms with Crippen molar-refractivity contribution >= 4 is 39.9 Å². The van der Waals surface area contributed by atoms with E-state index in [1.165, 1.54) is 10.6 Å². The van der Waals surface area contributed by atoms with Crippen LogP contribution in [0.4, 0.5) is 15.8 Å². The maximum atomic E-state index is 13.7. The Kier molecular flexibility index (Phi) is 5.19. The molecule has 7 nitrogen and oxygen atoms in total. The Hall–Kier alpha value is -3.00. The second-order valence-electron chi connectivity index (χ2n) is 7.04. The molecular formula is C20H21ClFN5O2. The van der Waals surface area contributed by atoms with Crippen molar-refractivity contribution in [3.8, 4) is 0 Å². The molecule has 1 aromatic heterocycles. The van der Waals surface area contributed by atoms with Crippen LogP contribution in [0.1, 0.15) is 0 Å². The number of amides is 1. The van der Waals surface area contributed by atoms with Crippen LogP contribution in [0.15, 0.2) is 41.2 Å². The van der Waals surface area contributed by atoms with Crippen molar-refractivity contribution in [2.24, 2.45) is 7.05 Å². The summed E-state index contributed by atoms with van der Waals surface area (Å²) in [6.45, 7) is 2.56. The van der Waals surface area contributed by atoms with E-state index in [1.807, 2.05) is 23.1 Å². The number of nitrogens with zero attached hydrogens (tertiary/aromatic N) is 3. The molecule has 2 N–H and O–H groups in total. The topological polar surface area (TPSA) is 73.4 Å². The lowest BCUT2D eigenvalue weighted by Crippen LogP contribution is -2.50. The Bertz CT molecular complexity index is 1120. The Labute approximate surface area is 171 Å². The molecule has 0 radical (unpaired) electrons. The first-order chi connectivity index (χ1) is 13.9. The minimum Gasteiger partial charge on any atom is -0.376 e. The van der Waals surface area contributed by atoms with Gasteiger partial charge in [-0.05, 0) is 36.4 Å². The van der Waals surface area contributed by atoms with E-state index in [9.17, 15) is 14.0 Å². The number of carbonyl (C=O) groups excluding carboxylic acids is 1. The summed E-state index contributed by atoms with van der Waals surface area (Å²) in [5.41, 5.74) is 2.89. The summed E-state index contributed by atoms with van der Waals surface area (Å²) in [7, 11) is 1.70. The highest BCUT2D eigenvalue weighted by Crippen LogP contribution is 2.23. The summed E-state index contributed by atoms with van der Waals surface area (Å²) in [5.74, 6) is -0.446. The highest BCUT2D eigenvalue weighted by molar-refractivity contribution is 6.30. The number of aryl methyl sites for hydroxylation is 1. The van der Waals surface area contributed by atoms with Crippen LogP contribution in [-0.2, 0) is 11.8 Å². The lowest BCUT2D eigenvalue weighted by molar-refractivity contribution is -0.129. The van der Waals surface area contributed by atoms with Gasteiger partial charge in [-0.1, -0.05) is 11.6 Å². The summed E-state index contributed by atoms with van der Waals surface area (Å²) in [6.07, 6.45) is 0. The van der Waals surface area contributed by atoms with Crippen molar-refractivity contribution in [3.05, 3.63) is 57.7 Å². The van der Waals surface area contributed by atoms with Crippen LogP contribution in [0.5, 0.6) is 0 Å². The fraction of sp³-hybridized carbons (Fsp3) is 0.300. The maximum Gasteiger partial charge on any atom is 0.326 e. The Morgan fingerprint density at radius 3 is 2.66 bits per heavy atom. The molecular weight excluding hydrogens is 397 g/mol. The summed E-state index contributed by atoms with van der Waals surface area (Å²) in [5, 5.41) is 3.23. The molecule has 152 valence electrons. The van der Waals surface area contributed by atoms with Gasteiger partial charge < -0.3 is 20.1 Å². The number of carbonyl (C=O) groups is 1. The molecule has 0 bridgehead atoms. The molecule has 9 heteroatoms. The van der Waals surface area contributed by atoms with Gasteiger partial charge in [-0.15, -0.1) is 0 Å². The highest BCUT2D eigenvalue weighted by Gasteiger charge is 2.21. The molecule has 1 saturated heterocycles. The molecule has 3 aromatic rings. The Balaban J connectivity index is 1.33. The second-order valence-corrected chi connectivity index (χ2v) is 7.45. The molecule has 0 unspecified atom stereocenters. The van der Waals surface area contributed by atoms with Crippen LogP contribution in [-0.4, -0.2) is 53.1 Å². The van der Waals surface area contributed by atoms with Gasteiger partial charge in [0.1, 0.15) is 5.82 Å². The van der Waals surface area contributed by atoms with Crippen molar-refractivity contribution in [2.45, 2.75) is 0 Å². The Morgan fingerprint density at radius 2 is 1.93 bits per heavy atom. The van der Waals surface area contributed by atoms with Crippen molar-refractivity contribution < 1.29 is 9.18 Å². The van der Waals surface area contributed by atoms with Crippen LogP contribution in [0, 0.1) is 5.82 Å². The second kappa shape index (κ2) is 7.79. The van der Waals surface area contributed by atoms with E-state index < -0.39 is 5.82 Å². The first-order valence-electron chi connectivity index (χ1n) is 9.33. The largest absolute Gasteiger partial charge is 0.376 e. The van der Waals surface area contributed by atoms with E-state index in [1.54, 1.807) is 24.1 Å². The zero-order valence-corrected chi connectivity index (χ0v) is 16.7. The summed E-state index contributed by atoms with van der Waals surface area (Å²) >= 11 is 5.74. The van der Waals surface area contributed by atoms with E-state index in [4.69, 9.17) is 11.6 Å². The number of halogens is 2. The monoisotopic (exact) mass is 417 g/mol. The number of nitrogens with one attached hydrogen (secondary N) is 2. The summed E-state index contributed by atoms with van der Waals surface area (Å²) in [4.78, 5) is 30.8. The normalized spacial score (nSPS) is 14.4. The highest BCUT2D eigenvalue weighted by atomic mass is 35.5. The standard InChI is InChI=1S/C20H21ClFN5O2/c1-25-18-10-13(2-5-17(18)24-20(25)29)23-12-19(28)27-8-6-26(7-9-27)14-3-4-15(21)16(22)11-14/h2-5,10-11,23H,6-9,12H2,1H3,(H,24,29). The zero-order chi connectivity index (χ0) is 20.5. The minimum absolute atomic E-state index is 0.00464. The predicted octanol–water partition coefficient (Wildman–Crippen LogP) is 2.42. The van der Waals surface area contributed by atoms with Crippen LogP contribution in [0.2, 0.25) is 5.02 Å². The quantitative estimate of drug-likeness (QED) is 0.683. The molecule has 1 amide bonds. The average Bonchev–Trinajstić information content (AvgIpc) is 3.02. The molecule has 0 spiro atoms. The smallest absolute Gasteiger partial charge is 0.326 e. The summed E-state index contributed by atoms with van der Waals surface area (Å²) < 4.78 is 15.2. The Morgan fingerprint density at radius 1 is 1.17 bits per heavy atom. The fourth-order valence-corrected chi connectivity index (χ4v) is 3.64. The number of fused-ring (bicyclic) bond motifs is 1. The van der Waals surface area contributed by atoms with Crippen molar-refractivity contribution in [1.82, 2.24) is 14.5 Å². The third-order valence-corrected chi connectivity index (χ3v) is 5.56. The number of benzene rings is 2. The van der Waals surface area contributed by atoms with Gasteiger partial charge in [0.05, 0.1) is 22.6 Å². The van der Waals surface area contributed by atoms with Gasteiger partial charge in [0.25, 0.3) is 0 Å². The van der Waals surface area contributed by atoms with E-state index in [0.29, 0.717) is 26.2 Å². The van der Waals surface area contributed by atoms with Gasteiger partial charge in [-0.3, -0.25) is 9.36 Å². The molecule has 2 heterocycles. The third kappa shape index (κ3) is 3.93. The van der Waals surface area contributed by atoms with E-state index in [0.717, 1.165) is 22.4 Å². The van der Waals surface area contributed by atoms with Gasteiger partial charge in [0, 0.05) is 44.6 Å². The number of hydrogen-bond acceptors (Lipinski definition) is 4. The molecule has 1 aliphatic heterocycles. The minimum atomic E-state index is -0.441. The molecule has 1 fully saturated rings. The van der Waals surface area contributed by atoms with Gasteiger partial charge in [-0.25, -0.2) is 9.18 Å². The first-order valence-corrected chi connectivity index (χ1v) is 9.70. The van der Waals surface area contributed by atoms with Crippen molar-refractivity contribution in [1.29, 1.82) is 0 Å². The average molecular weight is 418 g/mol. The van der Waals surface area contributed by atoms with Crippen LogP contribution in [0.25, 0.3) is 11.0 Å². The number of piperazine rings is 1. The maximum absolute atomic E-state index is 13.7. The predicted molar refractivity (Wildman–Crippen MR) is 112 cm³/mol. The number of H-pyrrole nitrogens is 1. The third-order valence-electron chi connectivity index (χ3n) is 5.25. The molecule has 4 rings (SSSR count). The lowest BCUT2D eigenvalue weighted by atomic mass is 10.2.